The summed E-state index contributed by atoms with van der Waals surface area (Å²) in [6.07, 6.45) is 10.7. The fourth-order valence-corrected chi connectivity index (χ4v) is 4.82. The molecule has 31 heavy (non-hydrogen) atoms. The Labute approximate surface area is 181 Å². The van der Waals surface area contributed by atoms with Gasteiger partial charge in [-0.25, -0.2) is 4.63 Å². The number of carbonyl (C=O) groups excluding carboxylic acids is 1. The summed E-state index contributed by atoms with van der Waals surface area (Å²) >= 11 is 0. The molecule has 1 saturated heterocycles. The third kappa shape index (κ3) is 4.17. The van der Waals surface area contributed by atoms with Gasteiger partial charge in [-0.15, -0.1) is 0 Å². The van der Waals surface area contributed by atoms with Crippen molar-refractivity contribution in [2.24, 2.45) is 0 Å². The van der Waals surface area contributed by atoms with Crippen LogP contribution in [0.3, 0.4) is 0 Å². The monoisotopic (exact) mass is 415 g/mol. The zero-order chi connectivity index (χ0) is 21.2. The van der Waals surface area contributed by atoms with Gasteiger partial charge >= 0.3 is 0 Å². The summed E-state index contributed by atoms with van der Waals surface area (Å²) in [5.74, 6) is 0.207. The average Bonchev–Trinajstić information content (AvgIpc) is 3.14. The van der Waals surface area contributed by atoms with Gasteiger partial charge in [-0.1, -0.05) is 28.5 Å². The van der Waals surface area contributed by atoms with Crippen LogP contribution in [0.15, 0.2) is 40.6 Å². The van der Waals surface area contributed by atoms with E-state index in [9.17, 15) is 4.79 Å². The molecule has 0 radical (unpaired) electrons. The van der Waals surface area contributed by atoms with Crippen molar-refractivity contribution in [1.29, 1.82) is 5.26 Å². The molecule has 5 rings (SSSR count). The third-order valence-corrected chi connectivity index (χ3v) is 6.62. The lowest BCUT2D eigenvalue weighted by Gasteiger charge is -2.40. The molecular weight excluding hydrogens is 390 g/mol. The molecule has 1 amide bonds. The Kier molecular flexibility index (Phi) is 5.39. The minimum atomic E-state index is 0.207. The highest BCUT2D eigenvalue weighted by atomic mass is 16.6. The quantitative estimate of drug-likeness (QED) is 0.763. The molecule has 7 heteroatoms. The molecule has 1 atom stereocenters. The number of aryl methyl sites for hydroxylation is 1. The fraction of sp³-hybridized carbons (Fsp3) is 0.417. The van der Waals surface area contributed by atoms with E-state index < -0.39 is 0 Å². The number of nitrogens with zero attached hydrogens (tertiary/aromatic N) is 5. The molecule has 1 aromatic heterocycles. The number of benzene rings is 1. The maximum absolute atomic E-state index is 12.8. The molecule has 1 fully saturated rings. The Morgan fingerprint density at radius 2 is 2.16 bits per heavy atom. The van der Waals surface area contributed by atoms with Gasteiger partial charge in [-0.05, 0) is 60.6 Å². The molecule has 2 aliphatic carbocycles. The number of amides is 1. The smallest absolute Gasteiger partial charge is 0.236 e. The van der Waals surface area contributed by atoms with Gasteiger partial charge in [-0.3, -0.25) is 9.69 Å². The van der Waals surface area contributed by atoms with Crippen LogP contribution >= 0.6 is 0 Å². The average molecular weight is 415 g/mol. The molecule has 7 nitrogen and oxygen atoms in total. The van der Waals surface area contributed by atoms with E-state index in [0.717, 1.165) is 67.7 Å². The van der Waals surface area contributed by atoms with E-state index >= 15 is 0 Å². The third-order valence-electron chi connectivity index (χ3n) is 6.62. The summed E-state index contributed by atoms with van der Waals surface area (Å²) in [4.78, 5) is 17.2. The van der Waals surface area contributed by atoms with Gasteiger partial charge in [0.15, 0.2) is 0 Å². The topological polar surface area (TPSA) is 86.3 Å². The van der Waals surface area contributed by atoms with Gasteiger partial charge in [0.2, 0.25) is 5.91 Å². The van der Waals surface area contributed by atoms with Crippen molar-refractivity contribution in [3.8, 4) is 6.07 Å². The van der Waals surface area contributed by atoms with Crippen molar-refractivity contribution in [3.05, 3.63) is 64.0 Å². The number of allylic oxidation sites excluding steroid dienone is 2. The van der Waals surface area contributed by atoms with Gasteiger partial charge in [0.1, 0.15) is 11.4 Å². The first-order valence-corrected chi connectivity index (χ1v) is 10.9. The van der Waals surface area contributed by atoms with Crippen LogP contribution in [0, 0.1) is 11.3 Å². The maximum atomic E-state index is 12.8. The van der Waals surface area contributed by atoms with E-state index in [-0.39, 0.29) is 5.91 Å². The molecule has 0 saturated carbocycles. The lowest BCUT2D eigenvalue weighted by molar-refractivity contribution is -0.137. The lowest BCUT2D eigenvalue weighted by Crippen LogP contribution is -2.54. The van der Waals surface area contributed by atoms with Crippen molar-refractivity contribution in [2.75, 3.05) is 26.2 Å². The molecule has 0 N–H and O–H groups in total. The molecule has 2 heterocycles. The van der Waals surface area contributed by atoms with E-state index in [1.54, 1.807) is 0 Å². The zero-order valence-electron chi connectivity index (χ0n) is 17.5. The Bertz CT molecular complexity index is 1090. The zero-order valence-corrected chi connectivity index (χ0v) is 17.5. The second kappa shape index (κ2) is 8.48. The summed E-state index contributed by atoms with van der Waals surface area (Å²) in [6, 6.07) is 8.63. The molecule has 0 spiro atoms. The predicted molar refractivity (Wildman–Crippen MR) is 115 cm³/mol. The first kappa shape index (κ1) is 19.7. The van der Waals surface area contributed by atoms with Crippen LogP contribution in [0.1, 0.15) is 40.9 Å². The number of rotatable bonds is 4. The van der Waals surface area contributed by atoms with Crippen molar-refractivity contribution in [1.82, 2.24) is 20.1 Å². The predicted octanol–water partition coefficient (Wildman–Crippen LogP) is 2.53. The summed E-state index contributed by atoms with van der Waals surface area (Å²) in [6.45, 7) is 2.88. The number of fused-ring (bicyclic) bond motifs is 2. The molecule has 1 aromatic carbocycles. The van der Waals surface area contributed by atoms with Crippen molar-refractivity contribution in [2.45, 2.75) is 38.1 Å². The maximum Gasteiger partial charge on any atom is 0.236 e. The number of aromatic nitrogens is 2. The number of piperazine rings is 1. The van der Waals surface area contributed by atoms with E-state index in [0.29, 0.717) is 19.1 Å². The highest BCUT2D eigenvalue weighted by Gasteiger charge is 2.31. The van der Waals surface area contributed by atoms with Crippen LogP contribution < -0.4 is 0 Å². The van der Waals surface area contributed by atoms with Gasteiger partial charge in [0.25, 0.3) is 0 Å². The number of carbonyl (C=O) groups is 1. The number of nitriles is 1. The molecule has 3 aliphatic rings. The summed E-state index contributed by atoms with van der Waals surface area (Å²) in [5.41, 5.74) is 6.12. The van der Waals surface area contributed by atoms with Crippen LogP contribution in [0.25, 0.3) is 6.08 Å². The Balaban J connectivity index is 1.17. The first-order valence-electron chi connectivity index (χ1n) is 10.9. The lowest BCUT2D eigenvalue weighted by atomic mass is 9.86. The van der Waals surface area contributed by atoms with Crippen LogP contribution in [-0.4, -0.2) is 58.2 Å². The first-order chi connectivity index (χ1) is 15.2. The minimum Gasteiger partial charge on any atom is -0.340 e. The normalized spacial score (nSPS) is 21.1. The van der Waals surface area contributed by atoms with E-state index in [1.807, 2.05) is 23.1 Å². The summed E-state index contributed by atoms with van der Waals surface area (Å²) in [5, 5.41) is 17.0. The van der Waals surface area contributed by atoms with Crippen LogP contribution in [0.2, 0.25) is 0 Å². The largest absolute Gasteiger partial charge is 0.340 e. The van der Waals surface area contributed by atoms with Gasteiger partial charge in [0.05, 0.1) is 18.2 Å². The highest BCUT2D eigenvalue weighted by Crippen LogP contribution is 2.27. The van der Waals surface area contributed by atoms with Crippen LogP contribution in [0.5, 0.6) is 0 Å². The molecule has 158 valence electrons. The van der Waals surface area contributed by atoms with E-state index in [2.05, 4.69) is 39.5 Å². The number of hydrogen-bond donors (Lipinski definition) is 0. The molecular formula is C24H25N5O2. The standard InChI is InChI=1S/C24H25N5O2/c25-15-18-4-5-20-14-21(7-6-19(20)12-18)29-11-10-28(24(30)16-29)9-8-17-2-1-3-22-23(13-17)27-31-26-22/h1-2,4-5,12-13,21H,3,6-11,14,16H2. The molecule has 2 aromatic rings. The van der Waals surface area contributed by atoms with Gasteiger partial charge in [-0.2, -0.15) is 5.26 Å². The summed E-state index contributed by atoms with van der Waals surface area (Å²) in [7, 11) is 0. The fourth-order valence-electron chi connectivity index (χ4n) is 4.82. The van der Waals surface area contributed by atoms with Crippen LogP contribution in [-0.2, 0) is 24.1 Å². The van der Waals surface area contributed by atoms with E-state index in [1.165, 1.54) is 11.1 Å². The minimum absolute atomic E-state index is 0.207. The van der Waals surface area contributed by atoms with Crippen molar-refractivity contribution in [3.63, 3.8) is 0 Å². The number of hydrogen-bond acceptors (Lipinski definition) is 6. The van der Waals surface area contributed by atoms with Gasteiger partial charge in [0, 0.05) is 32.1 Å². The summed E-state index contributed by atoms with van der Waals surface area (Å²) < 4.78 is 4.82. The van der Waals surface area contributed by atoms with E-state index in [4.69, 9.17) is 9.89 Å². The highest BCUT2D eigenvalue weighted by molar-refractivity contribution is 5.79. The second-order valence-corrected chi connectivity index (χ2v) is 8.52. The Hall–Kier alpha value is -3.24. The van der Waals surface area contributed by atoms with Gasteiger partial charge < -0.3 is 4.90 Å². The molecule has 0 bridgehead atoms. The molecule has 1 unspecified atom stereocenters. The SMILES string of the molecule is N#Cc1ccc2c(c1)CCC(N1CCN(CCC3=Cc4nonc4CC=C3)C(=O)C1)C2. The van der Waals surface area contributed by atoms with Crippen LogP contribution in [0.4, 0.5) is 0 Å². The van der Waals surface area contributed by atoms with Crippen molar-refractivity contribution >= 4 is 12.0 Å². The van der Waals surface area contributed by atoms with Crippen molar-refractivity contribution < 1.29 is 9.42 Å². The Morgan fingerprint density at radius 1 is 1.23 bits per heavy atom. The molecule has 1 aliphatic heterocycles. The second-order valence-electron chi connectivity index (χ2n) is 8.52. The Morgan fingerprint density at radius 3 is 3.03 bits per heavy atom.